The predicted octanol–water partition coefficient (Wildman–Crippen LogP) is 3.43. The quantitative estimate of drug-likeness (QED) is 0.749. The van der Waals surface area contributed by atoms with Crippen molar-refractivity contribution >= 4 is 28.1 Å². The van der Waals surface area contributed by atoms with Gasteiger partial charge in [-0.25, -0.2) is 4.39 Å². The number of rotatable bonds is 1. The first-order valence-corrected chi connectivity index (χ1v) is 7.32. The molecule has 4 rings (SSSR count). The van der Waals surface area contributed by atoms with Crippen LogP contribution < -0.4 is 10.2 Å². The molecule has 1 aliphatic heterocycles. The average molecular weight is 307 g/mol. The number of anilines is 2. The maximum Gasteiger partial charge on any atom is 0.246 e. The van der Waals surface area contributed by atoms with Crippen molar-refractivity contribution < 1.29 is 9.18 Å². The van der Waals surface area contributed by atoms with E-state index >= 15 is 0 Å². The van der Waals surface area contributed by atoms with Gasteiger partial charge in [0.1, 0.15) is 5.82 Å². The van der Waals surface area contributed by atoms with E-state index in [0.29, 0.717) is 11.3 Å². The molecule has 1 amide bonds. The minimum Gasteiger partial charge on any atom is -0.374 e. The van der Waals surface area contributed by atoms with Gasteiger partial charge in [-0.15, -0.1) is 0 Å². The van der Waals surface area contributed by atoms with Crippen molar-refractivity contribution in [2.75, 3.05) is 23.8 Å². The molecule has 23 heavy (non-hydrogen) atoms. The predicted molar refractivity (Wildman–Crippen MR) is 89.0 cm³/mol. The van der Waals surface area contributed by atoms with E-state index in [1.54, 1.807) is 25.5 Å². The molecule has 0 aliphatic carbocycles. The third-order valence-corrected chi connectivity index (χ3v) is 4.21. The summed E-state index contributed by atoms with van der Waals surface area (Å²) in [7, 11) is 1.65. The normalized spacial score (nSPS) is 13.8. The topological polar surface area (TPSA) is 45.2 Å². The number of hydrogen-bond donors (Lipinski definition) is 1. The van der Waals surface area contributed by atoms with Gasteiger partial charge in [0.15, 0.2) is 0 Å². The zero-order chi connectivity index (χ0) is 16.0. The van der Waals surface area contributed by atoms with Crippen LogP contribution in [0.4, 0.5) is 15.8 Å². The highest BCUT2D eigenvalue weighted by Crippen LogP contribution is 2.37. The molecule has 0 saturated carbocycles. The van der Waals surface area contributed by atoms with Crippen LogP contribution in [-0.4, -0.2) is 24.5 Å². The fourth-order valence-corrected chi connectivity index (χ4v) is 2.94. The van der Waals surface area contributed by atoms with E-state index in [9.17, 15) is 9.18 Å². The third-order valence-electron chi connectivity index (χ3n) is 4.21. The number of nitrogens with zero attached hydrogens (tertiary/aromatic N) is 2. The molecular formula is C18H14FN3O. The Morgan fingerprint density at radius 2 is 2.00 bits per heavy atom. The molecule has 114 valence electrons. The van der Waals surface area contributed by atoms with Crippen molar-refractivity contribution in [1.82, 2.24) is 4.98 Å². The summed E-state index contributed by atoms with van der Waals surface area (Å²) in [4.78, 5) is 17.4. The largest absolute Gasteiger partial charge is 0.374 e. The van der Waals surface area contributed by atoms with E-state index in [2.05, 4.69) is 10.3 Å². The van der Waals surface area contributed by atoms with Crippen LogP contribution >= 0.6 is 0 Å². The summed E-state index contributed by atoms with van der Waals surface area (Å²) < 4.78 is 14.7. The highest BCUT2D eigenvalue weighted by Gasteiger charge is 2.23. The maximum absolute atomic E-state index is 14.7. The fourth-order valence-electron chi connectivity index (χ4n) is 2.94. The van der Waals surface area contributed by atoms with Gasteiger partial charge in [-0.1, -0.05) is 24.3 Å². The first-order chi connectivity index (χ1) is 11.1. The lowest BCUT2D eigenvalue weighted by atomic mass is 9.99. The zero-order valence-electron chi connectivity index (χ0n) is 12.5. The molecule has 2 aromatic carbocycles. The summed E-state index contributed by atoms with van der Waals surface area (Å²) in [6, 6.07) is 10.9. The van der Waals surface area contributed by atoms with Crippen LogP contribution in [0.15, 0.2) is 48.8 Å². The summed E-state index contributed by atoms with van der Waals surface area (Å²) in [6.45, 7) is 0.211. The minimum atomic E-state index is -0.370. The van der Waals surface area contributed by atoms with Crippen LogP contribution in [-0.2, 0) is 4.79 Å². The molecule has 0 fully saturated rings. The molecule has 0 unspecified atom stereocenters. The second-order valence-corrected chi connectivity index (χ2v) is 5.56. The Labute approximate surface area is 132 Å². The molecule has 1 aromatic heterocycles. The number of likely N-dealkylation sites (N-methyl/N-ethyl adjacent to an activating group) is 1. The number of carbonyl (C=O) groups is 1. The molecule has 3 aromatic rings. The van der Waals surface area contributed by atoms with Gasteiger partial charge in [0.05, 0.1) is 17.9 Å². The van der Waals surface area contributed by atoms with Gasteiger partial charge in [-0.05, 0) is 11.5 Å². The van der Waals surface area contributed by atoms with Crippen molar-refractivity contribution in [3.63, 3.8) is 0 Å². The van der Waals surface area contributed by atoms with Gasteiger partial charge in [0, 0.05) is 42.0 Å². The SMILES string of the molecule is CN1C(=O)CNc2cc(-c3cncc4ccccc34)c(F)cc21. The molecule has 1 aliphatic rings. The smallest absolute Gasteiger partial charge is 0.246 e. The van der Waals surface area contributed by atoms with Crippen molar-refractivity contribution in [1.29, 1.82) is 0 Å². The Morgan fingerprint density at radius 1 is 1.17 bits per heavy atom. The molecule has 5 heteroatoms. The van der Waals surface area contributed by atoms with Crippen molar-refractivity contribution in [2.24, 2.45) is 0 Å². The third kappa shape index (κ3) is 2.12. The van der Waals surface area contributed by atoms with Crippen molar-refractivity contribution in [3.8, 4) is 11.1 Å². The molecule has 2 heterocycles. The van der Waals surface area contributed by atoms with Gasteiger partial charge in [0.25, 0.3) is 0 Å². The van der Waals surface area contributed by atoms with Crippen molar-refractivity contribution in [3.05, 3.63) is 54.6 Å². The lowest BCUT2D eigenvalue weighted by molar-refractivity contribution is -0.116. The highest BCUT2D eigenvalue weighted by atomic mass is 19.1. The Morgan fingerprint density at radius 3 is 2.87 bits per heavy atom. The number of fused-ring (bicyclic) bond motifs is 2. The van der Waals surface area contributed by atoms with E-state index in [1.165, 1.54) is 11.0 Å². The second kappa shape index (κ2) is 5.05. The molecule has 0 bridgehead atoms. The van der Waals surface area contributed by atoms with Crippen molar-refractivity contribution in [2.45, 2.75) is 0 Å². The second-order valence-electron chi connectivity index (χ2n) is 5.56. The molecular weight excluding hydrogens is 293 g/mol. The Balaban J connectivity index is 1.94. The Bertz CT molecular complexity index is 933. The van der Waals surface area contributed by atoms with Crippen LogP contribution in [0.2, 0.25) is 0 Å². The van der Waals surface area contributed by atoms with Gasteiger partial charge >= 0.3 is 0 Å². The summed E-state index contributed by atoms with van der Waals surface area (Å²) in [6.07, 6.45) is 3.44. The molecule has 1 N–H and O–H groups in total. The average Bonchev–Trinajstić information content (AvgIpc) is 2.58. The number of carbonyl (C=O) groups excluding carboxylic acids is 1. The monoisotopic (exact) mass is 307 g/mol. The first kappa shape index (κ1) is 13.7. The van der Waals surface area contributed by atoms with Crippen LogP contribution in [0, 0.1) is 5.82 Å². The number of nitrogens with one attached hydrogen (secondary N) is 1. The van der Waals surface area contributed by atoms with Gasteiger partial charge in [-0.3, -0.25) is 9.78 Å². The molecule has 0 atom stereocenters. The maximum atomic E-state index is 14.7. The fraction of sp³-hybridized carbons (Fsp3) is 0.111. The molecule has 4 nitrogen and oxygen atoms in total. The minimum absolute atomic E-state index is 0.0866. The van der Waals surface area contributed by atoms with Gasteiger partial charge in [-0.2, -0.15) is 0 Å². The Kier molecular flexibility index (Phi) is 3.01. The number of pyridine rings is 1. The van der Waals surface area contributed by atoms with E-state index in [-0.39, 0.29) is 18.3 Å². The van der Waals surface area contributed by atoms with Crippen LogP contribution in [0.1, 0.15) is 0 Å². The number of hydrogen-bond acceptors (Lipinski definition) is 3. The first-order valence-electron chi connectivity index (χ1n) is 7.32. The van der Waals surface area contributed by atoms with Gasteiger partial charge in [0.2, 0.25) is 5.91 Å². The van der Waals surface area contributed by atoms with Crippen LogP contribution in [0.5, 0.6) is 0 Å². The summed E-state index contributed by atoms with van der Waals surface area (Å²) in [5, 5.41) is 4.96. The molecule has 0 spiro atoms. The lowest BCUT2D eigenvalue weighted by Gasteiger charge is -2.27. The lowest BCUT2D eigenvalue weighted by Crippen LogP contribution is -2.36. The number of aromatic nitrogens is 1. The summed E-state index contributed by atoms with van der Waals surface area (Å²) >= 11 is 0. The number of benzene rings is 2. The standard InChI is InChI=1S/C18H14FN3O/c1-22-17-7-15(19)13(6-16(17)21-10-18(22)23)14-9-20-8-11-4-2-3-5-12(11)14/h2-9,21H,10H2,1H3. The van der Waals surface area contributed by atoms with E-state index < -0.39 is 0 Å². The Hall–Kier alpha value is -2.95. The summed E-state index contributed by atoms with van der Waals surface area (Å²) in [5.74, 6) is -0.457. The van der Waals surface area contributed by atoms with E-state index in [1.807, 2.05) is 24.3 Å². The van der Waals surface area contributed by atoms with Crippen LogP contribution in [0.25, 0.3) is 21.9 Å². The summed E-state index contributed by atoms with van der Waals surface area (Å²) in [5.41, 5.74) is 2.51. The highest BCUT2D eigenvalue weighted by molar-refractivity contribution is 6.04. The molecule has 0 saturated heterocycles. The number of amides is 1. The number of halogens is 1. The van der Waals surface area contributed by atoms with Crippen LogP contribution in [0.3, 0.4) is 0 Å². The van der Waals surface area contributed by atoms with E-state index in [4.69, 9.17) is 0 Å². The van der Waals surface area contributed by atoms with Gasteiger partial charge < -0.3 is 10.2 Å². The molecule has 0 radical (unpaired) electrons. The van der Waals surface area contributed by atoms with E-state index in [0.717, 1.165) is 22.0 Å². The zero-order valence-corrected chi connectivity index (χ0v) is 12.5.